The summed E-state index contributed by atoms with van der Waals surface area (Å²) in [6.07, 6.45) is 1.87. The molecular formula is C13H12O3. The molecule has 3 heteroatoms. The number of benzene rings is 1. The topological polar surface area (TPSA) is 39.4 Å². The van der Waals surface area contributed by atoms with E-state index in [1.54, 1.807) is 6.26 Å². The monoisotopic (exact) mass is 216 g/mol. The molecule has 0 saturated heterocycles. The van der Waals surface area contributed by atoms with Gasteiger partial charge in [0.15, 0.2) is 0 Å². The highest BCUT2D eigenvalue weighted by atomic mass is 16.5. The second-order valence-electron chi connectivity index (χ2n) is 3.39. The van der Waals surface area contributed by atoms with Crippen LogP contribution in [0.3, 0.4) is 0 Å². The highest BCUT2D eigenvalue weighted by Gasteiger charge is 2.10. The standard InChI is InChI=1S/C13H12O3/c1-15-13(14)9-10-5-2-3-6-11(10)12-7-4-8-16-12/h2-8H,9H2,1H3. The SMILES string of the molecule is COC(=O)Cc1ccccc1-c1ccco1. The van der Waals surface area contributed by atoms with Crippen LogP contribution in [0.4, 0.5) is 0 Å². The summed E-state index contributed by atoms with van der Waals surface area (Å²) < 4.78 is 9.98. The van der Waals surface area contributed by atoms with Crippen molar-refractivity contribution in [2.24, 2.45) is 0 Å². The Kier molecular flexibility index (Phi) is 3.05. The molecule has 0 spiro atoms. The summed E-state index contributed by atoms with van der Waals surface area (Å²) in [5, 5.41) is 0. The molecule has 2 aromatic rings. The Balaban J connectivity index is 2.35. The summed E-state index contributed by atoms with van der Waals surface area (Å²) in [6.45, 7) is 0. The van der Waals surface area contributed by atoms with E-state index in [0.717, 1.165) is 16.9 Å². The van der Waals surface area contributed by atoms with Crippen molar-refractivity contribution < 1.29 is 13.9 Å². The quantitative estimate of drug-likeness (QED) is 0.740. The molecule has 0 N–H and O–H groups in total. The van der Waals surface area contributed by atoms with Gasteiger partial charge >= 0.3 is 5.97 Å². The van der Waals surface area contributed by atoms with Crippen molar-refractivity contribution >= 4 is 5.97 Å². The van der Waals surface area contributed by atoms with Gasteiger partial charge in [0.05, 0.1) is 19.8 Å². The molecule has 0 saturated carbocycles. The number of carbonyl (C=O) groups excluding carboxylic acids is 1. The molecule has 0 aliphatic carbocycles. The van der Waals surface area contributed by atoms with E-state index in [9.17, 15) is 4.79 Å². The first kappa shape index (κ1) is 10.5. The lowest BCUT2D eigenvalue weighted by Gasteiger charge is -2.05. The van der Waals surface area contributed by atoms with Gasteiger partial charge in [-0.2, -0.15) is 0 Å². The van der Waals surface area contributed by atoms with Crippen LogP contribution in [0.25, 0.3) is 11.3 Å². The zero-order chi connectivity index (χ0) is 11.4. The molecule has 16 heavy (non-hydrogen) atoms. The van der Waals surface area contributed by atoms with Gasteiger partial charge in [-0.05, 0) is 17.7 Å². The lowest BCUT2D eigenvalue weighted by Crippen LogP contribution is -2.05. The first-order valence-corrected chi connectivity index (χ1v) is 5.00. The normalized spacial score (nSPS) is 10.1. The Morgan fingerprint density at radius 1 is 1.25 bits per heavy atom. The molecule has 0 fully saturated rings. The molecule has 0 amide bonds. The number of esters is 1. The molecule has 0 bridgehead atoms. The minimum absolute atomic E-state index is 0.251. The van der Waals surface area contributed by atoms with Crippen molar-refractivity contribution in [3.8, 4) is 11.3 Å². The van der Waals surface area contributed by atoms with E-state index < -0.39 is 0 Å². The maximum Gasteiger partial charge on any atom is 0.310 e. The second-order valence-corrected chi connectivity index (χ2v) is 3.39. The number of methoxy groups -OCH3 is 1. The highest BCUT2D eigenvalue weighted by molar-refractivity contribution is 5.76. The van der Waals surface area contributed by atoms with Crippen molar-refractivity contribution in [1.29, 1.82) is 0 Å². The van der Waals surface area contributed by atoms with Crippen LogP contribution >= 0.6 is 0 Å². The van der Waals surface area contributed by atoms with Crippen LogP contribution in [0.1, 0.15) is 5.56 Å². The van der Waals surface area contributed by atoms with Crippen LogP contribution in [0.2, 0.25) is 0 Å². The van der Waals surface area contributed by atoms with E-state index in [2.05, 4.69) is 4.74 Å². The zero-order valence-electron chi connectivity index (χ0n) is 8.97. The van der Waals surface area contributed by atoms with Gasteiger partial charge in [0.25, 0.3) is 0 Å². The molecule has 3 nitrogen and oxygen atoms in total. The molecule has 0 unspecified atom stereocenters. The summed E-state index contributed by atoms with van der Waals surface area (Å²) in [4.78, 5) is 11.3. The van der Waals surface area contributed by atoms with Gasteiger partial charge in [0.2, 0.25) is 0 Å². The Morgan fingerprint density at radius 3 is 2.75 bits per heavy atom. The van der Waals surface area contributed by atoms with Gasteiger partial charge in [-0.3, -0.25) is 4.79 Å². The number of hydrogen-bond donors (Lipinski definition) is 0. The van der Waals surface area contributed by atoms with E-state index in [4.69, 9.17) is 4.42 Å². The van der Waals surface area contributed by atoms with Gasteiger partial charge in [0.1, 0.15) is 5.76 Å². The van der Waals surface area contributed by atoms with Gasteiger partial charge in [-0.25, -0.2) is 0 Å². The summed E-state index contributed by atoms with van der Waals surface area (Å²) in [5.74, 6) is 0.513. The summed E-state index contributed by atoms with van der Waals surface area (Å²) in [5.41, 5.74) is 1.84. The minimum Gasteiger partial charge on any atom is -0.469 e. The van der Waals surface area contributed by atoms with Gasteiger partial charge in [-0.15, -0.1) is 0 Å². The van der Waals surface area contributed by atoms with E-state index >= 15 is 0 Å². The van der Waals surface area contributed by atoms with Crippen molar-refractivity contribution in [3.05, 3.63) is 48.2 Å². The average Bonchev–Trinajstić information content (AvgIpc) is 2.83. The Hall–Kier alpha value is -2.03. The zero-order valence-corrected chi connectivity index (χ0v) is 8.97. The van der Waals surface area contributed by atoms with Crippen LogP contribution in [0.15, 0.2) is 47.1 Å². The van der Waals surface area contributed by atoms with Crippen molar-refractivity contribution in [2.75, 3.05) is 7.11 Å². The first-order chi connectivity index (χ1) is 7.81. The predicted molar refractivity (Wildman–Crippen MR) is 59.9 cm³/mol. The van der Waals surface area contributed by atoms with Crippen molar-refractivity contribution in [1.82, 2.24) is 0 Å². The van der Waals surface area contributed by atoms with Crippen LogP contribution in [0, 0.1) is 0 Å². The maximum atomic E-state index is 11.3. The van der Waals surface area contributed by atoms with E-state index in [0.29, 0.717) is 0 Å². The van der Waals surface area contributed by atoms with Crippen LogP contribution < -0.4 is 0 Å². The molecule has 1 aromatic heterocycles. The number of hydrogen-bond acceptors (Lipinski definition) is 3. The fourth-order valence-corrected chi connectivity index (χ4v) is 1.57. The predicted octanol–water partition coefficient (Wildman–Crippen LogP) is 2.66. The van der Waals surface area contributed by atoms with E-state index in [-0.39, 0.29) is 12.4 Å². The first-order valence-electron chi connectivity index (χ1n) is 5.00. The second kappa shape index (κ2) is 4.66. The molecule has 0 atom stereocenters. The summed E-state index contributed by atoms with van der Waals surface area (Å²) in [6, 6.07) is 11.3. The number of furan rings is 1. The van der Waals surface area contributed by atoms with E-state index in [1.807, 2.05) is 36.4 Å². The van der Waals surface area contributed by atoms with Gasteiger partial charge in [0, 0.05) is 5.56 Å². The van der Waals surface area contributed by atoms with Gasteiger partial charge in [-0.1, -0.05) is 24.3 Å². The lowest BCUT2D eigenvalue weighted by molar-refractivity contribution is -0.139. The Morgan fingerprint density at radius 2 is 2.06 bits per heavy atom. The lowest BCUT2D eigenvalue weighted by atomic mass is 10.0. The average molecular weight is 216 g/mol. The minimum atomic E-state index is -0.251. The third-order valence-electron chi connectivity index (χ3n) is 2.37. The maximum absolute atomic E-state index is 11.3. The molecule has 0 radical (unpaired) electrons. The van der Waals surface area contributed by atoms with Crippen LogP contribution in [-0.2, 0) is 16.0 Å². The Bertz CT molecular complexity index is 472. The van der Waals surface area contributed by atoms with Gasteiger partial charge < -0.3 is 9.15 Å². The largest absolute Gasteiger partial charge is 0.469 e. The molecular weight excluding hydrogens is 204 g/mol. The highest BCUT2D eigenvalue weighted by Crippen LogP contribution is 2.24. The fourth-order valence-electron chi connectivity index (χ4n) is 1.57. The number of carbonyl (C=O) groups is 1. The smallest absolute Gasteiger partial charge is 0.310 e. The molecule has 82 valence electrons. The molecule has 0 aliphatic rings. The van der Waals surface area contributed by atoms with E-state index in [1.165, 1.54) is 7.11 Å². The molecule has 1 aromatic carbocycles. The Labute approximate surface area is 93.7 Å². The summed E-state index contributed by atoms with van der Waals surface area (Å²) in [7, 11) is 1.39. The fraction of sp³-hybridized carbons (Fsp3) is 0.154. The molecule has 1 heterocycles. The molecule has 2 rings (SSSR count). The number of ether oxygens (including phenoxy) is 1. The summed E-state index contributed by atoms with van der Waals surface area (Å²) >= 11 is 0. The molecule has 0 aliphatic heterocycles. The van der Waals surface area contributed by atoms with Crippen LogP contribution in [-0.4, -0.2) is 13.1 Å². The number of rotatable bonds is 3. The van der Waals surface area contributed by atoms with Crippen molar-refractivity contribution in [3.63, 3.8) is 0 Å². The van der Waals surface area contributed by atoms with Crippen LogP contribution in [0.5, 0.6) is 0 Å². The third-order valence-corrected chi connectivity index (χ3v) is 2.37. The third kappa shape index (κ3) is 2.14. The van der Waals surface area contributed by atoms with Crippen molar-refractivity contribution in [2.45, 2.75) is 6.42 Å².